The highest BCUT2D eigenvalue weighted by Crippen LogP contribution is 2.40. The number of carbonyl (C=O) groups is 1. The number of halogens is 3. The molecule has 2 aliphatic carbocycles. The van der Waals surface area contributed by atoms with Crippen molar-refractivity contribution in [3.8, 4) is 0 Å². The van der Waals surface area contributed by atoms with Crippen molar-refractivity contribution in [2.75, 3.05) is 0 Å². The zero-order valence-corrected chi connectivity index (χ0v) is 13.1. The fourth-order valence-electron chi connectivity index (χ4n) is 3.43. The van der Waals surface area contributed by atoms with Crippen LogP contribution in [0.25, 0.3) is 11.0 Å². The minimum absolute atomic E-state index is 0.202. The van der Waals surface area contributed by atoms with Gasteiger partial charge >= 0.3 is 6.18 Å². The average molecular weight is 348 g/mol. The molecule has 130 valence electrons. The van der Waals surface area contributed by atoms with Gasteiger partial charge in [0.2, 0.25) is 5.82 Å². The van der Waals surface area contributed by atoms with Gasteiger partial charge in [-0.05, 0) is 30.9 Å². The van der Waals surface area contributed by atoms with E-state index in [1.165, 1.54) is 12.1 Å². The minimum Gasteiger partial charge on any atom is -0.311 e. The number of benzene rings is 1. The Bertz CT molecular complexity index is 897. The predicted molar refractivity (Wildman–Crippen MR) is 85.7 cm³/mol. The quantitative estimate of drug-likeness (QED) is 0.684. The van der Waals surface area contributed by atoms with Crippen LogP contribution < -0.4 is 5.43 Å². The Hall–Kier alpha value is -2.64. The van der Waals surface area contributed by atoms with Crippen LogP contribution in [0.15, 0.2) is 41.5 Å². The Morgan fingerprint density at radius 2 is 2.16 bits per heavy atom. The molecule has 1 saturated carbocycles. The minimum atomic E-state index is -4.64. The number of hydrazone groups is 1. The van der Waals surface area contributed by atoms with E-state index in [1.807, 2.05) is 0 Å². The molecule has 2 aliphatic rings. The van der Waals surface area contributed by atoms with Crippen LogP contribution in [0, 0.1) is 11.8 Å². The summed E-state index contributed by atoms with van der Waals surface area (Å²) in [4.78, 5) is 15.7. The number of alkyl halides is 3. The van der Waals surface area contributed by atoms with E-state index in [4.69, 9.17) is 0 Å². The first-order valence-electron chi connectivity index (χ1n) is 7.98. The Kier molecular flexibility index (Phi) is 3.63. The van der Waals surface area contributed by atoms with Gasteiger partial charge in [0.15, 0.2) is 0 Å². The first kappa shape index (κ1) is 15.9. The molecule has 1 aromatic heterocycles. The lowest BCUT2D eigenvalue weighted by Crippen LogP contribution is -2.36. The van der Waals surface area contributed by atoms with Gasteiger partial charge in [-0.2, -0.15) is 18.3 Å². The number of carbonyl (C=O) groups excluding carboxylic acids is 1. The fourth-order valence-corrected chi connectivity index (χ4v) is 3.43. The third-order valence-electron chi connectivity index (χ3n) is 4.70. The highest BCUT2D eigenvalue weighted by molar-refractivity contribution is 5.95. The van der Waals surface area contributed by atoms with Crippen LogP contribution in [0.3, 0.4) is 0 Å². The lowest BCUT2D eigenvalue weighted by atomic mass is 9.74. The molecule has 1 N–H and O–H groups in total. The summed E-state index contributed by atoms with van der Waals surface area (Å²) in [5, 5.41) is 4.09. The second-order valence-corrected chi connectivity index (χ2v) is 6.28. The van der Waals surface area contributed by atoms with Crippen molar-refractivity contribution in [2.24, 2.45) is 16.9 Å². The molecule has 4 rings (SSSR count). The van der Waals surface area contributed by atoms with Gasteiger partial charge in [-0.25, -0.2) is 10.4 Å². The molecule has 1 aromatic carbocycles. The third kappa shape index (κ3) is 2.81. The number of para-hydroxylation sites is 2. The number of hydrogen-bond acceptors (Lipinski definition) is 3. The van der Waals surface area contributed by atoms with E-state index in [-0.39, 0.29) is 11.0 Å². The maximum absolute atomic E-state index is 13.2. The summed E-state index contributed by atoms with van der Waals surface area (Å²) in [5.41, 5.74) is 3.75. The van der Waals surface area contributed by atoms with Gasteiger partial charge in [-0.15, -0.1) is 0 Å². The summed E-state index contributed by atoms with van der Waals surface area (Å²) in [6.07, 6.45) is 1.29. The topological polar surface area (TPSA) is 59.3 Å². The van der Waals surface area contributed by atoms with E-state index in [0.717, 1.165) is 23.1 Å². The predicted octanol–water partition coefficient (Wildman–Crippen LogP) is 3.12. The Balaban J connectivity index is 1.54. The van der Waals surface area contributed by atoms with Crippen molar-refractivity contribution in [1.82, 2.24) is 15.0 Å². The molecule has 1 amide bonds. The van der Waals surface area contributed by atoms with Gasteiger partial charge in [-0.3, -0.25) is 4.79 Å². The van der Waals surface area contributed by atoms with Gasteiger partial charge in [0.05, 0.1) is 11.0 Å². The van der Waals surface area contributed by atoms with Gasteiger partial charge in [0, 0.05) is 11.6 Å². The molecule has 0 spiro atoms. The van der Waals surface area contributed by atoms with E-state index in [0.29, 0.717) is 11.8 Å². The largest absolute Gasteiger partial charge is 0.449 e. The Morgan fingerprint density at radius 1 is 1.36 bits per heavy atom. The van der Waals surface area contributed by atoms with E-state index >= 15 is 0 Å². The highest BCUT2D eigenvalue weighted by Gasteiger charge is 2.39. The molecule has 5 nitrogen and oxygen atoms in total. The molecule has 0 bridgehead atoms. The molecule has 0 saturated heterocycles. The molecule has 2 aromatic rings. The van der Waals surface area contributed by atoms with Crippen LogP contribution in [-0.4, -0.2) is 21.2 Å². The number of nitrogens with zero attached hydrogens (tertiary/aromatic N) is 3. The maximum Gasteiger partial charge on any atom is 0.449 e. The van der Waals surface area contributed by atoms with E-state index in [9.17, 15) is 18.0 Å². The summed E-state index contributed by atoms with van der Waals surface area (Å²) >= 11 is 0. The molecule has 2 atom stereocenters. The average Bonchev–Trinajstić information content (AvgIpc) is 3.09. The lowest BCUT2D eigenvalue weighted by molar-refractivity contribution is -0.147. The fraction of sp³-hybridized carbons (Fsp3) is 0.353. The zero-order chi connectivity index (χ0) is 17.6. The first-order valence-corrected chi connectivity index (χ1v) is 7.98. The second kappa shape index (κ2) is 5.72. The third-order valence-corrected chi connectivity index (χ3v) is 4.70. The van der Waals surface area contributed by atoms with Crippen LogP contribution in [-0.2, 0) is 17.5 Å². The van der Waals surface area contributed by atoms with E-state index in [2.05, 4.69) is 27.7 Å². The molecular formula is C17H15F3N4O. The molecular weight excluding hydrogens is 333 g/mol. The van der Waals surface area contributed by atoms with Gasteiger partial charge < -0.3 is 4.57 Å². The molecule has 1 fully saturated rings. The zero-order valence-electron chi connectivity index (χ0n) is 13.1. The molecule has 25 heavy (non-hydrogen) atoms. The maximum atomic E-state index is 13.2. The van der Waals surface area contributed by atoms with Crippen molar-refractivity contribution < 1.29 is 18.0 Å². The van der Waals surface area contributed by atoms with Gasteiger partial charge in [0.25, 0.3) is 5.91 Å². The monoisotopic (exact) mass is 348 g/mol. The Labute approximate surface area is 141 Å². The summed E-state index contributed by atoms with van der Waals surface area (Å²) < 4.78 is 40.5. The summed E-state index contributed by atoms with van der Waals surface area (Å²) in [6, 6.07) is 6.22. The number of aromatic nitrogens is 2. The van der Waals surface area contributed by atoms with Crippen LogP contribution >= 0.6 is 0 Å². The number of allylic oxidation sites excluding steroid dienone is 2. The lowest BCUT2D eigenvalue weighted by Gasteiger charge is -2.31. The molecule has 0 unspecified atom stereocenters. The number of nitrogens with one attached hydrogen (secondary N) is 1. The highest BCUT2D eigenvalue weighted by atomic mass is 19.4. The number of amides is 1. The summed E-state index contributed by atoms with van der Waals surface area (Å²) in [5.74, 6) is -0.860. The number of fused-ring (bicyclic) bond motifs is 2. The van der Waals surface area contributed by atoms with Crippen molar-refractivity contribution in [1.29, 1.82) is 0 Å². The summed E-state index contributed by atoms with van der Waals surface area (Å²) in [7, 11) is 0. The van der Waals surface area contributed by atoms with Crippen molar-refractivity contribution in [3.05, 3.63) is 42.2 Å². The van der Waals surface area contributed by atoms with Crippen LogP contribution in [0.1, 0.15) is 18.7 Å². The molecule has 1 heterocycles. The first-order chi connectivity index (χ1) is 11.9. The van der Waals surface area contributed by atoms with Crippen LogP contribution in [0.2, 0.25) is 0 Å². The van der Waals surface area contributed by atoms with Crippen molar-refractivity contribution in [3.63, 3.8) is 0 Å². The molecule has 8 heteroatoms. The van der Waals surface area contributed by atoms with Crippen molar-refractivity contribution in [2.45, 2.75) is 25.6 Å². The Morgan fingerprint density at radius 3 is 2.92 bits per heavy atom. The number of hydrogen-bond donors (Lipinski definition) is 1. The second-order valence-electron chi connectivity index (χ2n) is 6.28. The molecule has 0 radical (unpaired) electrons. The molecule has 0 aliphatic heterocycles. The summed E-state index contributed by atoms with van der Waals surface area (Å²) in [6.45, 7) is -0.488. The van der Waals surface area contributed by atoms with Gasteiger partial charge in [0.1, 0.15) is 6.54 Å². The standard InChI is InChI=1S/C17H15F3N4O/c18-17(19,20)16-21-12-6-1-2-7-14(12)24(16)9-15(25)23-22-13-8-10-4-3-5-11(10)13/h1-4,6-7,10-11H,5,8-9H2,(H,23,25)/b22-13+/t10-,11-/m1/s1. The smallest absolute Gasteiger partial charge is 0.311 e. The van der Waals surface area contributed by atoms with Crippen LogP contribution in [0.5, 0.6) is 0 Å². The van der Waals surface area contributed by atoms with Crippen molar-refractivity contribution >= 4 is 22.7 Å². The normalized spacial score (nSPS) is 23.7. The number of rotatable bonds is 3. The van der Waals surface area contributed by atoms with E-state index in [1.54, 1.807) is 12.1 Å². The van der Waals surface area contributed by atoms with Gasteiger partial charge in [-0.1, -0.05) is 24.3 Å². The van der Waals surface area contributed by atoms with Crippen LogP contribution in [0.4, 0.5) is 13.2 Å². The van der Waals surface area contributed by atoms with E-state index < -0.39 is 24.5 Å². The number of imidazole rings is 1. The SMILES string of the molecule is O=C(Cn1c(C(F)(F)F)nc2ccccc21)N/N=C1\C[C@H]2C=CC[C@@H]12.